The SMILES string of the molecule is CCC(O)c1noc(-c2ccc(Br)cc2F)n1. The van der Waals surface area contributed by atoms with Crippen molar-refractivity contribution in [3.8, 4) is 11.5 Å². The fourth-order valence-corrected chi connectivity index (χ4v) is 1.66. The van der Waals surface area contributed by atoms with Crippen molar-refractivity contribution >= 4 is 15.9 Å². The third kappa shape index (κ3) is 2.53. The highest BCUT2D eigenvalue weighted by Crippen LogP contribution is 2.25. The molecule has 17 heavy (non-hydrogen) atoms. The van der Waals surface area contributed by atoms with Gasteiger partial charge in [-0.25, -0.2) is 4.39 Å². The van der Waals surface area contributed by atoms with Crippen LogP contribution in [0, 0.1) is 5.82 Å². The molecule has 0 saturated heterocycles. The Balaban J connectivity index is 2.37. The van der Waals surface area contributed by atoms with E-state index in [9.17, 15) is 9.50 Å². The highest BCUT2D eigenvalue weighted by Gasteiger charge is 2.17. The van der Waals surface area contributed by atoms with Gasteiger partial charge in [-0.05, 0) is 24.6 Å². The van der Waals surface area contributed by atoms with Crippen LogP contribution in [-0.2, 0) is 0 Å². The quantitative estimate of drug-likeness (QED) is 0.946. The standard InChI is InChI=1S/C11H10BrFN2O2/c1-2-9(16)10-14-11(17-15-10)7-4-3-6(12)5-8(7)13/h3-5,9,16H,2H2,1H3. The summed E-state index contributed by atoms with van der Waals surface area (Å²) in [4.78, 5) is 3.96. The molecule has 6 heteroatoms. The molecular formula is C11H10BrFN2O2. The molecule has 1 unspecified atom stereocenters. The van der Waals surface area contributed by atoms with Gasteiger partial charge in [0.2, 0.25) is 5.82 Å². The van der Waals surface area contributed by atoms with Gasteiger partial charge >= 0.3 is 0 Å². The van der Waals surface area contributed by atoms with E-state index in [4.69, 9.17) is 4.52 Å². The molecule has 0 bridgehead atoms. The maximum atomic E-state index is 13.6. The lowest BCUT2D eigenvalue weighted by Gasteiger charge is -1.99. The molecule has 0 saturated carbocycles. The monoisotopic (exact) mass is 300 g/mol. The van der Waals surface area contributed by atoms with E-state index >= 15 is 0 Å². The number of hydrogen-bond donors (Lipinski definition) is 1. The molecule has 0 amide bonds. The summed E-state index contributed by atoms with van der Waals surface area (Å²) in [5.74, 6) is -0.220. The van der Waals surface area contributed by atoms with Crippen molar-refractivity contribution in [2.45, 2.75) is 19.4 Å². The maximum Gasteiger partial charge on any atom is 0.260 e. The van der Waals surface area contributed by atoms with E-state index in [2.05, 4.69) is 26.1 Å². The summed E-state index contributed by atoms with van der Waals surface area (Å²) in [6, 6.07) is 4.53. The van der Waals surface area contributed by atoms with Gasteiger partial charge in [0.1, 0.15) is 11.9 Å². The van der Waals surface area contributed by atoms with Gasteiger partial charge in [0.05, 0.1) is 5.56 Å². The second-order valence-corrected chi connectivity index (χ2v) is 4.42. The molecule has 2 rings (SSSR count). The zero-order valence-corrected chi connectivity index (χ0v) is 10.6. The molecule has 1 atom stereocenters. The predicted molar refractivity (Wildman–Crippen MR) is 62.6 cm³/mol. The smallest absolute Gasteiger partial charge is 0.260 e. The zero-order valence-electron chi connectivity index (χ0n) is 9.02. The average molecular weight is 301 g/mol. The minimum atomic E-state index is -0.786. The number of aliphatic hydroxyl groups excluding tert-OH is 1. The summed E-state index contributed by atoms with van der Waals surface area (Å²) < 4.78 is 19.2. The number of aromatic nitrogens is 2. The fraction of sp³-hybridized carbons (Fsp3) is 0.273. The summed E-state index contributed by atoms with van der Waals surface area (Å²) in [6.07, 6.45) is -0.312. The van der Waals surface area contributed by atoms with Gasteiger partial charge in [0.15, 0.2) is 0 Å². The van der Waals surface area contributed by atoms with E-state index in [0.717, 1.165) is 0 Å². The first-order valence-electron chi connectivity index (χ1n) is 5.09. The number of hydrogen-bond acceptors (Lipinski definition) is 4. The predicted octanol–water partition coefficient (Wildman–Crippen LogP) is 3.08. The zero-order chi connectivity index (χ0) is 12.4. The van der Waals surface area contributed by atoms with E-state index in [1.165, 1.54) is 12.1 Å². The summed E-state index contributed by atoms with van der Waals surface area (Å²) in [7, 11) is 0. The number of rotatable bonds is 3. The topological polar surface area (TPSA) is 59.2 Å². The largest absolute Gasteiger partial charge is 0.385 e. The van der Waals surface area contributed by atoms with E-state index in [0.29, 0.717) is 10.9 Å². The summed E-state index contributed by atoms with van der Waals surface area (Å²) in [5, 5.41) is 13.1. The fourth-order valence-electron chi connectivity index (χ4n) is 1.33. The normalized spacial score (nSPS) is 12.7. The van der Waals surface area contributed by atoms with Gasteiger partial charge in [-0.15, -0.1) is 0 Å². The van der Waals surface area contributed by atoms with Crippen molar-refractivity contribution in [2.75, 3.05) is 0 Å². The van der Waals surface area contributed by atoms with E-state index in [1.54, 1.807) is 13.0 Å². The first-order valence-corrected chi connectivity index (χ1v) is 5.88. The van der Waals surface area contributed by atoms with Gasteiger partial charge in [-0.1, -0.05) is 28.0 Å². The molecular weight excluding hydrogens is 291 g/mol. The Morgan fingerprint density at radius 2 is 2.29 bits per heavy atom. The lowest BCUT2D eigenvalue weighted by atomic mass is 10.2. The highest BCUT2D eigenvalue weighted by atomic mass is 79.9. The molecule has 0 aliphatic heterocycles. The van der Waals surface area contributed by atoms with Crippen LogP contribution in [0.1, 0.15) is 25.3 Å². The molecule has 0 fully saturated rings. The Morgan fingerprint density at radius 1 is 1.53 bits per heavy atom. The van der Waals surface area contributed by atoms with Crippen LogP contribution in [0.4, 0.5) is 4.39 Å². The maximum absolute atomic E-state index is 13.6. The molecule has 2 aromatic rings. The van der Waals surface area contributed by atoms with Crippen LogP contribution < -0.4 is 0 Å². The van der Waals surface area contributed by atoms with Crippen molar-refractivity contribution in [3.05, 3.63) is 34.3 Å². The Hall–Kier alpha value is -1.27. The summed E-state index contributed by atoms with van der Waals surface area (Å²) in [6.45, 7) is 1.79. The number of aliphatic hydroxyl groups is 1. The lowest BCUT2D eigenvalue weighted by Crippen LogP contribution is -1.97. The van der Waals surface area contributed by atoms with Gasteiger partial charge in [-0.3, -0.25) is 0 Å². The third-order valence-corrected chi connectivity index (χ3v) is 2.78. The Morgan fingerprint density at radius 3 is 2.94 bits per heavy atom. The minimum Gasteiger partial charge on any atom is -0.385 e. The Kier molecular flexibility index (Phi) is 3.54. The van der Waals surface area contributed by atoms with E-state index < -0.39 is 11.9 Å². The number of benzene rings is 1. The molecule has 0 aliphatic carbocycles. The van der Waals surface area contributed by atoms with Crippen LogP contribution >= 0.6 is 15.9 Å². The third-order valence-electron chi connectivity index (χ3n) is 2.29. The molecule has 1 aromatic carbocycles. The lowest BCUT2D eigenvalue weighted by molar-refractivity contribution is 0.159. The molecule has 90 valence electrons. The molecule has 4 nitrogen and oxygen atoms in total. The molecule has 1 N–H and O–H groups in total. The van der Waals surface area contributed by atoms with Gasteiger partial charge < -0.3 is 9.63 Å². The summed E-state index contributed by atoms with van der Waals surface area (Å²) >= 11 is 3.16. The van der Waals surface area contributed by atoms with Crippen LogP contribution in [-0.4, -0.2) is 15.2 Å². The highest BCUT2D eigenvalue weighted by molar-refractivity contribution is 9.10. The minimum absolute atomic E-state index is 0.0671. The molecule has 0 spiro atoms. The average Bonchev–Trinajstić information content (AvgIpc) is 2.77. The van der Waals surface area contributed by atoms with Gasteiger partial charge in [0, 0.05) is 4.47 Å². The first kappa shape index (κ1) is 12.2. The number of halogens is 2. The Labute approximate surface area is 106 Å². The van der Waals surface area contributed by atoms with Crippen molar-refractivity contribution in [1.29, 1.82) is 0 Å². The van der Waals surface area contributed by atoms with E-state index in [1.807, 2.05) is 0 Å². The van der Waals surface area contributed by atoms with Crippen LogP contribution in [0.15, 0.2) is 27.2 Å². The van der Waals surface area contributed by atoms with Gasteiger partial charge in [-0.2, -0.15) is 4.98 Å². The van der Waals surface area contributed by atoms with Crippen LogP contribution in [0.2, 0.25) is 0 Å². The van der Waals surface area contributed by atoms with Crippen LogP contribution in [0.3, 0.4) is 0 Å². The van der Waals surface area contributed by atoms with Crippen molar-refractivity contribution in [1.82, 2.24) is 10.1 Å². The van der Waals surface area contributed by atoms with Crippen molar-refractivity contribution < 1.29 is 14.0 Å². The van der Waals surface area contributed by atoms with E-state index in [-0.39, 0.29) is 17.3 Å². The first-order chi connectivity index (χ1) is 8.11. The molecule has 0 radical (unpaired) electrons. The molecule has 1 aromatic heterocycles. The van der Waals surface area contributed by atoms with Crippen molar-refractivity contribution in [3.63, 3.8) is 0 Å². The summed E-state index contributed by atoms with van der Waals surface area (Å²) in [5.41, 5.74) is 0.218. The van der Waals surface area contributed by atoms with Gasteiger partial charge in [0.25, 0.3) is 5.89 Å². The molecule has 1 heterocycles. The second-order valence-electron chi connectivity index (χ2n) is 3.51. The second kappa shape index (κ2) is 4.93. The number of nitrogens with zero attached hydrogens (tertiary/aromatic N) is 2. The Bertz CT molecular complexity index is 530. The van der Waals surface area contributed by atoms with Crippen LogP contribution in [0.5, 0.6) is 0 Å². The molecule has 0 aliphatic rings. The van der Waals surface area contributed by atoms with Crippen LogP contribution in [0.25, 0.3) is 11.5 Å². The van der Waals surface area contributed by atoms with Crippen molar-refractivity contribution in [2.24, 2.45) is 0 Å².